The zero-order valence-electron chi connectivity index (χ0n) is 13.5. The molecule has 130 valence electrons. The van der Waals surface area contributed by atoms with Crippen molar-refractivity contribution in [3.05, 3.63) is 53.6 Å². The fraction of sp³-hybridized carbons (Fsp3) is 0.118. The summed E-state index contributed by atoms with van der Waals surface area (Å²) in [5.74, 6) is -0.565. The van der Waals surface area contributed by atoms with Crippen LogP contribution < -0.4 is 20.1 Å². The van der Waals surface area contributed by atoms with Crippen molar-refractivity contribution >= 4 is 34.9 Å². The largest absolute Gasteiger partial charge is 0.493 e. The summed E-state index contributed by atoms with van der Waals surface area (Å²) in [5.41, 5.74) is 0.901. The van der Waals surface area contributed by atoms with Crippen LogP contribution in [0.3, 0.4) is 0 Å². The van der Waals surface area contributed by atoms with Crippen LogP contribution in [0.15, 0.2) is 42.5 Å². The minimum atomic E-state index is -1.05. The second kappa shape index (κ2) is 8.11. The van der Waals surface area contributed by atoms with Gasteiger partial charge in [-0.15, -0.1) is 0 Å². The Morgan fingerprint density at radius 1 is 1.00 bits per heavy atom. The molecule has 0 aromatic heterocycles. The van der Waals surface area contributed by atoms with Gasteiger partial charge in [0.15, 0.2) is 16.6 Å². The molecule has 2 rings (SSSR count). The van der Waals surface area contributed by atoms with E-state index in [1.165, 1.54) is 32.4 Å². The summed E-state index contributed by atoms with van der Waals surface area (Å²) in [5, 5.41) is 14.3. The van der Waals surface area contributed by atoms with Gasteiger partial charge in [0.25, 0.3) is 5.91 Å². The van der Waals surface area contributed by atoms with Gasteiger partial charge in [0.05, 0.1) is 19.8 Å². The van der Waals surface area contributed by atoms with Crippen LogP contribution in [0.25, 0.3) is 0 Å². The van der Waals surface area contributed by atoms with Crippen molar-refractivity contribution in [2.75, 3.05) is 19.5 Å². The first kappa shape index (κ1) is 18.2. The normalized spacial score (nSPS) is 9.84. The molecule has 0 atom stereocenters. The molecule has 0 saturated heterocycles. The highest BCUT2D eigenvalue weighted by molar-refractivity contribution is 7.80. The Labute approximate surface area is 149 Å². The van der Waals surface area contributed by atoms with Gasteiger partial charge in [0, 0.05) is 11.3 Å². The van der Waals surface area contributed by atoms with Crippen molar-refractivity contribution in [1.82, 2.24) is 5.32 Å². The lowest BCUT2D eigenvalue weighted by molar-refractivity contribution is 0.0696. The third-order valence-electron chi connectivity index (χ3n) is 3.24. The number of carboxylic acid groups (broad SMARTS) is 1. The first-order chi connectivity index (χ1) is 11.9. The Balaban J connectivity index is 2.06. The summed E-state index contributed by atoms with van der Waals surface area (Å²) in [4.78, 5) is 23.2. The van der Waals surface area contributed by atoms with Crippen LogP contribution >= 0.6 is 12.2 Å². The van der Waals surface area contributed by atoms with E-state index in [1.807, 2.05) is 0 Å². The van der Waals surface area contributed by atoms with Crippen molar-refractivity contribution in [1.29, 1.82) is 0 Å². The lowest BCUT2D eigenvalue weighted by Gasteiger charge is -2.12. The summed E-state index contributed by atoms with van der Waals surface area (Å²) in [6.07, 6.45) is 0. The predicted molar refractivity (Wildman–Crippen MR) is 96.6 cm³/mol. The van der Waals surface area contributed by atoms with E-state index in [1.54, 1.807) is 24.3 Å². The average Bonchev–Trinajstić information content (AvgIpc) is 2.61. The van der Waals surface area contributed by atoms with Gasteiger partial charge in [-0.25, -0.2) is 4.79 Å². The zero-order chi connectivity index (χ0) is 18.4. The number of methoxy groups -OCH3 is 2. The summed E-state index contributed by atoms with van der Waals surface area (Å²) < 4.78 is 10.3. The van der Waals surface area contributed by atoms with Crippen molar-refractivity contribution in [3.8, 4) is 11.5 Å². The SMILES string of the molecule is COc1ccc(C(=O)NC(=S)Nc2cccc(C(=O)O)c2)cc1OC. The lowest BCUT2D eigenvalue weighted by atomic mass is 10.2. The molecule has 8 heteroatoms. The van der Waals surface area contributed by atoms with E-state index in [-0.39, 0.29) is 10.7 Å². The highest BCUT2D eigenvalue weighted by atomic mass is 32.1. The van der Waals surface area contributed by atoms with Crippen LogP contribution in [0.2, 0.25) is 0 Å². The Bertz CT molecular complexity index is 822. The Hall–Kier alpha value is -3.13. The quantitative estimate of drug-likeness (QED) is 0.705. The maximum Gasteiger partial charge on any atom is 0.335 e. The maximum atomic E-state index is 12.3. The molecule has 0 unspecified atom stereocenters. The Morgan fingerprint density at radius 2 is 1.72 bits per heavy atom. The number of hydrogen-bond donors (Lipinski definition) is 3. The molecule has 3 N–H and O–H groups in total. The summed E-state index contributed by atoms with van der Waals surface area (Å²) in [6.45, 7) is 0. The minimum Gasteiger partial charge on any atom is -0.493 e. The first-order valence-electron chi connectivity index (χ1n) is 7.12. The van der Waals surface area contributed by atoms with E-state index in [2.05, 4.69) is 10.6 Å². The van der Waals surface area contributed by atoms with E-state index in [0.717, 1.165) is 0 Å². The van der Waals surface area contributed by atoms with Gasteiger partial charge in [-0.05, 0) is 48.6 Å². The second-order valence-corrected chi connectivity index (χ2v) is 5.27. The zero-order valence-corrected chi connectivity index (χ0v) is 14.3. The van der Waals surface area contributed by atoms with Gasteiger partial charge >= 0.3 is 5.97 Å². The van der Waals surface area contributed by atoms with Crippen LogP contribution in [0.1, 0.15) is 20.7 Å². The van der Waals surface area contributed by atoms with Gasteiger partial charge in [-0.2, -0.15) is 0 Å². The Kier molecular flexibility index (Phi) is 5.91. The van der Waals surface area contributed by atoms with Crippen molar-refractivity contribution in [2.24, 2.45) is 0 Å². The van der Waals surface area contributed by atoms with Crippen LogP contribution in [-0.2, 0) is 0 Å². The fourth-order valence-electron chi connectivity index (χ4n) is 2.05. The van der Waals surface area contributed by atoms with Crippen molar-refractivity contribution in [2.45, 2.75) is 0 Å². The second-order valence-electron chi connectivity index (χ2n) is 4.86. The number of rotatable bonds is 5. The summed E-state index contributed by atoms with van der Waals surface area (Å²) >= 11 is 5.08. The first-order valence-corrected chi connectivity index (χ1v) is 7.53. The number of hydrogen-bond acceptors (Lipinski definition) is 5. The molecule has 0 fully saturated rings. The number of carboxylic acids is 1. The fourth-order valence-corrected chi connectivity index (χ4v) is 2.26. The molecule has 2 aromatic rings. The molecular weight excluding hydrogens is 344 g/mol. The van der Waals surface area contributed by atoms with E-state index in [0.29, 0.717) is 22.7 Å². The number of carbonyl (C=O) groups is 2. The molecule has 0 heterocycles. The molecule has 0 spiro atoms. The molecule has 0 saturated carbocycles. The monoisotopic (exact) mass is 360 g/mol. The molecule has 25 heavy (non-hydrogen) atoms. The van der Waals surface area contributed by atoms with E-state index < -0.39 is 11.9 Å². The molecule has 0 aliphatic carbocycles. The third-order valence-corrected chi connectivity index (χ3v) is 3.44. The molecule has 1 amide bonds. The van der Waals surface area contributed by atoms with Gasteiger partial charge in [0.1, 0.15) is 0 Å². The number of carbonyl (C=O) groups excluding carboxylic acids is 1. The smallest absolute Gasteiger partial charge is 0.335 e. The number of thiocarbonyl (C=S) groups is 1. The van der Waals surface area contributed by atoms with E-state index >= 15 is 0 Å². The number of ether oxygens (including phenoxy) is 2. The van der Waals surface area contributed by atoms with Crippen LogP contribution in [0.5, 0.6) is 11.5 Å². The molecule has 7 nitrogen and oxygen atoms in total. The molecular formula is C17H16N2O5S. The highest BCUT2D eigenvalue weighted by Gasteiger charge is 2.12. The van der Waals surface area contributed by atoms with Gasteiger partial charge in [0.2, 0.25) is 0 Å². The van der Waals surface area contributed by atoms with Crippen molar-refractivity contribution in [3.63, 3.8) is 0 Å². The van der Waals surface area contributed by atoms with Gasteiger partial charge < -0.3 is 19.9 Å². The summed E-state index contributed by atoms with van der Waals surface area (Å²) in [6, 6.07) is 10.8. The number of benzene rings is 2. The summed E-state index contributed by atoms with van der Waals surface area (Å²) in [7, 11) is 2.98. The topological polar surface area (TPSA) is 96.9 Å². The molecule has 0 aliphatic heterocycles. The Morgan fingerprint density at radius 3 is 2.36 bits per heavy atom. The van der Waals surface area contributed by atoms with E-state index in [9.17, 15) is 9.59 Å². The molecule has 2 aromatic carbocycles. The number of aromatic carboxylic acids is 1. The third kappa shape index (κ3) is 4.67. The van der Waals surface area contributed by atoms with Crippen LogP contribution in [-0.4, -0.2) is 36.3 Å². The molecule has 0 aliphatic rings. The standard InChI is InChI=1S/C17H16N2O5S/c1-23-13-7-6-10(9-14(13)24-2)15(20)19-17(25)18-12-5-3-4-11(8-12)16(21)22/h3-9H,1-2H3,(H,21,22)(H2,18,19,20,25). The average molecular weight is 360 g/mol. The van der Waals surface area contributed by atoms with Gasteiger partial charge in [-0.1, -0.05) is 6.07 Å². The minimum absolute atomic E-state index is 0.0438. The van der Waals surface area contributed by atoms with E-state index in [4.69, 9.17) is 26.8 Å². The number of nitrogens with one attached hydrogen (secondary N) is 2. The highest BCUT2D eigenvalue weighted by Crippen LogP contribution is 2.27. The molecule has 0 radical (unpaired) electrons. The van der Waals surface area contributed by atoms with Crippen LogP contribution in [0, 0.1) is 0 Å². The van der Waals surface area contributed by atoms with Crippen molar-refractivity contribution < 1.29 is 24.2 Å². The van der Waals surface area contributed by atoms with Gasteiger partial charge in [-0.3, -0.25) is 10.1 Å². The lowest BCUT2D eigenvalue weighted by Crippen LogP contribution is -2.34. The maximum absolute atomic E-state index is 12.3. The number of amides is 1. The van der Waals surface area contributed by atoms with Crippen LogP contribution in [0.4, 0.5) is 5.69 Å². The number of anilines is 1. The predicted octanol–water partition coefficient (Wildman–Crippen LogP) is 2.53. The molecule has 0 bridgehead atoms.